The third-order valence-electron chi connectivity index (χ3n) is 3.01. The van der Waals surface area contributed by atoms with Gasteiger partial charge in [-0.05, 0) is 32.2 Å². The topological polar surface area (TPSA) is 29.9 Å². The minimum absolute atomic E-state index is 0.527. The van der Waals surface area contributed by atoms with E-state index < -0.39 is 0 Å². The van der Waals surface area contributed by atoms with Crippen LogP contribution in [0.1, 0.15) is 37.1 Å². The quantitative estimate of drug-likeness (QED) is 0.788. The van der Waals surface area contributed by atoms with Gasteiger partial charge in [-0.1, -0.05) is 6.92 Å². The van der Waals surface area contributed by atoms with Gasteiger partial charge in [0.25, 0.3) is 0 Å². The zero-order valence-corrected chi connectivity index (χ0v) is 9.25. The third-order valence-corrected chi connectivity index (χ3v) is 3.01. The molecule has 0 bridgehead atoms. The molecule has 0 saturated heterocycles. The summed E-state index contributed by atoms with van der Waals surface area (Å²) >= 11 is 0. The van der Waals surface area contributed by atoms with Gasteiger partial charge < -0.3 is 5.32 Å². The summed E-state index contributed by atoms with van der Waals surface area (Å²) in [5.74, 6) is 0.842. The lowest BCUT2D eigenvalue weighted by Crippen LogP contribution is -2.19. The molecule has 0 spiro atoms. The highest BCUT2D eigenvalue weighted by atomic mass is 15.3. The van der Waals surface area contributed by atoms with E-state index in [0.717, 1.165) is 12.3 Å². The first kappa shape index (κ1) is 9.71. The average molecular weight is 193 g/mol. The molecule has 1 fully saturated rings. The van der Waals surface area contributed by atoms with Crippen molar-refractivity contribution in [3.63, 3.8) is 0 Å². The molecule has 0 radical (unpaired) electrons. The fraction of sp³-hybridized carbons (Fsp3) is 0.727. The number of nitrogens with one attached hydrogen (secondary N) is 1. The lowest BCUT2D eigenvalue weighted by Gasteiger charge is -2.14. The zero-order chi connectivity index (χ0) is 10.1. The zero-order valence-electron chi connectivity index (χ0n) is 9.25. The van der Waals surface area contributed by atoms with Crippen molar-refractivity contribution in [2.75, 3.05) is 7.05 Å². The van der Waals surface area contributed by atoms with E-state index in [0.29, 0.717) is 6.04 Å². The molecule has 1 heterocycles. The Morgan fingerprint density at radius 3 is 2.86 bits per heavy atom. The van der Waals surface area contributed by atoms with E-state index in [1.807, 2.05) is 11.7 Å². The van der Waals surface area contributed by atoms with Crippen LogP contribution in [0.5, 0.6) is 0 Å². The number of nitrogens with zero attached hydrogens (tertiary/aromatic N) is 2. The van der Waals surface area contributed by atoms with Crippen molar-refractivity contribution < 1.29 is 0 Å². The average Bonchev–Trinajstić information content (AvgIpc) is 2.92. The summed E-state index contributed by atoms with van der Waals surface area (Å²) in [6.07, 6.45) is 5.92. The normalized spacial score (nSPS) is 18.5. The van der Waals surface area contributed by atoms with E-state index in [2.05, 4.69) is 30.6 Å². The molecule has 0 amide bonds. The molecular weight excluding hydrogens is 174 g/mol. The van der Waals surface area contributed by atoms with Crippen LogP contribution in [0.2, 0.25) is 0 Å². The maximum absolute atomic E-state index is 4.48. The van der Waals surface area contributed by atoms with E-state index in [4.69, 9.17) is 0 Å². The molecule has 0 aliphatic heterocycles. The first-order chi connectivity index (χ1) is 6.76. The second kappa shape index (κ2) is 3.73. The highest BCUT2D eigenvalue weighted by Gasteiger charge is 2.33. The molecule has 3 heteroatoms. The van der Waals surface area contributed by atoms with Gasteiger partial charge in [0.1, 0.15) is 0 Å². The lowest BCUT2D eigenvalue weighted by atomic mass is 10.0. The molecular formula is C11H19N3. The molecule has 78 valence electrons. The van der Waals surface area contributed by atoms with Gasteiger partial charge in [-0.2, -0.15) is 5.10 Å². The summed E-state index contributed by atoms with van der Waals surface area (Å²) in [7, 11) is 4.05. The van der Waals surface area contributed by atoms with E-state index in [9.17, 15) is 0 Å². The van der Waals surface area contributed by atoms with Crippen LogP contribution in [0.4, 0.5) is 0 Å². The van der Waals surface area contributed by atoms with E-state index in [1.165, 1.54) is 24.1 Å². The Hall–Kier alpha value is -0.830. The van der Waals surface area contributed by atoms with Gasteiger partial charge in [-0.15, -0.1) is 0 Å². The molecule has 1 saturated carbocycles. The second-order valence-corrected chi connectivity index (χ2v) is 4.16. The predicted octanol–water partition coefficient (Wildman–Crippen LogP) is 1.65. The highest BCUT2D eigenvalue weighted by Crippen LogP contribution is 2.41. The summed E-state index contributed by atoms with van der Waals surface area (Å²) in [6.45, 7) is 2.17. The standard InChI is InChI=1S/C11H19N3/c1-4-10-9(7-14(3)13-10)11(12-2)8-5-6-8/h7-8,11-12H,4-6H2,1-3H3. The van der Waals surface area contributed by atoms with Crippen molar-refractivity contribution in [2.45, 2.75) is 32.2 Å². The van der Waals surface area contributed by atoms with E-state index in [1.54, 1.807) is 0 Å². The second-order valence-electron chi connectivity index (χ2n) is 4.16. The van der Waals surface area contributed by atoms with E-state index in [-0.39, 0.29) is 0 Å². The Bertz CT molecular complexity index is 312. The van der Waals surface area contributed by atoms with Gasteiger partial charge in [-0.3, -0.25) is 4.68 Å². The highest BCUT2D eigenvalue weighted by molar-refractivity contribution is 5.23. The van der Waals surface area contributed by atoms with Crippen molar-refractivity contribution in [1.82, 2.24) is 15.1 Å². The number of aryl methyl sites for hydroxylation is 2. The Balaban J connectivity index is 2.27. The van der Waals surface area contributed by atoms with Crippen molar-refractivity contribution in [1.29, 1.82) is 0 Å². The fourth-order valence-corrected chi connectivity index (χ4v) is 2.16. The molecule has 1 unspecified atom stereocenters. The molecule has 1 aliphatic carbocycles. The van der Waals surface area contributed by atoms with Crippen molar-refractivity contribution >= 4 is 0 Å². The number of hydrogen-bond donors (Lipinski definition) is 1. The monoisotopic (exact) mass is 193 g/mol. The first-order valence-electron chi connectivity index (χ1n) is 5.46. The number of rotatable bonds is 4. The molecule has 1 N–H and O–H groups in total. The van der Waals surface area contributed by atoms with Crippen LogP contribution in [-0.2, 0) is 13.5 Å². The molecule has 2 rings (SSSR count). The van der Waals surface area contributed by atoms with Gasteiger partial charge in [0.15, 0.2) is 0 Å². The third kappa shape index (κ3) is 1.69. The van der Waals surface area contributed by atoms with Crippen LogP contribution >= 0.6 is 0 Å². The van der Waals surface area contributed by atoms with Crippen LogP contribution in [-0.4, -0.2) is 16.8 Å². The summed E-state index contributed by atoms with van der Waals surface area (Å²) in [5, 5.41) is 7.90. The van der Waals surface area contributed by atoms with Gasteiger partial charge in [0, 0.05) is 24.8 Å². The Morgan fingerprint density at radius 1 is 1.64 bits per heavy atom. The summed E-state index contributed by atoms with van der Waals surface area (Å²) < 4.78 is 1.93. The van der Waals surface area contributed by atoms with Crippen LogP contribution in [0.15, 0.2) is 6.20 Å². The number of aromatic nitrogens is 2. The fourth-order valence-electron chi connectivity index (χ4n) is 2.16. The van der Waals surface area contributed by atoms with Crippen molar-refractivity contribution in [3.05, 3.63) is 17.5 Å². The molecule has 3 nitrogen and oxygen atoms in total. The number of hydrogen-bond acceptors (Lipinski definition) is 2. The Labute approximate surface area is 85.5 Å². The van der Waals surface area contributed by atoms with Gasteiger partial charge in [0.2, 0.25) is 0 Å². The van der Waals surface area contributed by atoms with Crippen LogP contribution in [0.3, 0.4) is 0 Å². The minimum atomic E-state index is 0.527. The molecule has 1 aliphatic rings. The van der Waals surface area contributed by atoms with Crippen LogP contribution in [0, 0.1) is 5.92 Å². The van der Waals surface area contributed by atoms with Crippen molar-refractivity contribution in [2.24, 2.45) is 13.0 Å². The lowest BCUT2D eigenvalue weighted by molar-refractivity contribution is 0.524. The molecule has 0 aromatic carbocycles. The van der Waals surface area contributed by atoms with E-state index >= 15 is 0 Å². The molecule has 14 heavy (non-hydrogen) atoms. The SMILES string of the molecule is CCc1nn(C)cc1C(NC)C1CC1. The summed E-state index contributed by atoms with van der Waals surface area (Å²) in [6, 6.07) is 0.527. The van der Waals surface area contributed by atoms with Crippen LogP contribution < -0.4 is 5.32 Å². The smallest absolute Gasteiger partial charge is 0.0669 e. The van der Waals surface area contributed by atoms with Crippen LogP contribution in [0.25, 0.3) is 0 Å². The maximum Gasteiger partial charge on any atom is 0.0669 e. The van der Waals surface area contributed by atoms with Gasteiger partial charge in [0.05, 0.1) is 5.69 Å². The molecule has 1 aromatic heterocycles. The minimum Gasteiger partial charge on any atom is -0.313 e. The summed E-state index contributed by atoms with van der Waals surface area (Å²) in [4.78, 5) is 0. The first-order valence-corrected chi connectivity index (χ1v) is 5.46. The molecule has 1 atom stereocenters. The Kier molecular flexibility index (Phi) is 2.59. The molecule has 1 aromatic rings. The summed E-state index contributed by atoms with van der Waals surface area (Å²) in [5.41, 5.74) is 2.65. The Morgan fingerprint density at radius 2 is 2.36 bits per heavy atom. The largest absolute Gasteiger partial charge is 0.313 e. The van der Waals surface area contributed by atoms with Crippen molar-refractivity contribution in [3.8, 4) is 0 Å². The van der Waals surface area contributed by atoms with Gasteiger partial charge in [-0.25, -0.2) is 0 Å². The predicted molar refractivity (Wildman–Crippen MR) is 57.1 cm³/mol. The maximum atomic E-state index is 4.48. The van der Waals surface area contributed by atoms with Gasteiger partial charge >= 0.3 is 0 Å².